The van der Waals surface area contributed by atoms with E-state index in [2.05, 4.69) is 34.7 Å². The molecule has 7 heteroatoms. The van der Waals surface area contributed by atoms with Gasteiger partial charge in [-0.25, -0.2) is 4.79 Å². The summed E-state index contributed by atoms with van der Waals surface area (Å²) in [6, 6.07) is -0.462. The Balaban J connectivity index is 1.79. The van der Waals surface area contributed by atoms with Crippen molar-refractivity contribution < 1.29 is 14.3 Å². The van der Waals surface area contributed by atoms with Gasteiger partial charge in [-0.1, -0.05) is 0 Å². The zero-order chi connectivity index (χ0) is 15.5. The molecule has 0 aliphatic carbocycles. The average Bonchev–Trinajstić information content (AvgIpc) is 2.94. The van der Waals surface area contributed by atoms with Gasteiger partial charge in [0.15, 0.2) is 0 Å². The summed E-state index contributed by atoms with van der Waals surface area (Å²) in [5, 5.41) is 8.35. The minimum atomic E-state index is -0.462. The number of carbonyl (C=O) groups is 2. The van der Waals surface area contributed by atoms with Crippen LogP contribution in [0.25, 0.3) is 0 Å². The number of methoxy groups -OCH3 is 1. The molecular formula is C14H26N4O3. The van der Waals surface area contributed by atoms with Crippen molar-refractivity contribution in [3.63, 3.8) is 0 Å². The zero-order valence-corrected chi connectivity index (χ0v) is 13.1. The highest BCUT2D eigenvalue weighted by atomic mass is 16.5. The molecule has 2 aliphatic heterocycles. The summed E-state index contributed by atoms with van der Waals surface area (Å²) in [6.07, 6.45) is 0. The second-order valence-corrected chi connectivity index (χ2v) is 6.36. The highest BCUT2D eigenvalue weighted by Crippen LogP contribution is 2.40. The average molecular weight is 298 g/mol. The first kappa shape index (κ1) is 16.2. The standard InChI is InChI=1S/C14H26N4O3/c1-14(2)11-7-15-6-10(11)8-18(14)9-12(19)17-13(20)16-4-5-21-3/h10-11,15H,4-9H2,1-3H3,(H2,16,17,19,20). The number of carbonyl (C=O) groups excluding carboxylic acids is 2. The summed E-state index contributed by atoms with van der Waals surface area (Å²) in [5.41, 5.74) is -0.0158. The van der Waals surface area contributed by atoms with Gasteiger partial charge in [0.05, 0.1) is 13.2 Å². The summed E-state index contributed by atoms with van der Waals surface area (Å²) >= 11 is 0. The van der Waals surface area contributed by atoms with Crippen LogP contribution in [0.5, 0.6) is 0 Å². The second-order valence-electron chi connectivity index (χ2n) is 6.36. The number of imide groups is 1. The quantitative estimate of drug-likeness (QED) is 0.590. The van der Waals surface area contributed by atoms with E-state index in [9.17, 15) is 9.59 Å². The summed E-state index contributed by atoms with van der Waals surface area (Å²) in [5.74, 6) is 0.912. The van der Waals surface area contributed by atoms with Crippen LogP contribution in [0, 0.1) is 11.8 Å². The van der Waals surface area contributed by atoms with Crippen LogP contribution in [0.1, 0.15) is 13.8 Å². The monoisotopic (exact) mass is 298 g/mol. The van der Waals surface area contributed by atoms with Crippen LogP contribution in [-0.4, -0.2) is 68.8 Å². The van der Waals surface area contributed by atoms with Crippen molar-refractivity contribution >= 4 is 11.9 Å². The van der Waals surface area contributed by atoms with Crippen LogP contribution >= 0.6 is 0 Å². The molecular weight excluding hydrogens is 272 g/mol. The predicted molar refractivity (Wildman–Crippen MR) is 78.9 cm³/mol. The number of likely N-dealkylation sites (tertiary alicyclic amines) is 1. The van der Waals surface area contributed by atoms with Crippen LogP contribution in [0.2, 0.25) is 0 Å². The van der Waals surface area contributed by atoms with Crippen LogP contribution in [-0.2, 0) is 9.53 Å². The Morgan fingerprint density at radius 1 is 1.38 bits per heavy atom. The number of fused-ring (bicyclic) bond motifs is 1. The lowest BCUT2D eigenvalue weighted by Crippen LogP contribution is -2.50. The van der Waals surface area contributed by atoms with Crippen molar-refractivity contribution in [2.24, 2.45) is 11.8 Å². The van der Waals surface area contributed by atoms with E-state index in [0.717, 1.165) is 19.6 Å². The Labute approximate surface area is 125 Å². The van der Waals surface area contributed by atoms with E-state index in [0.29, 0.717) is 25.0 Å². The van der Waals surface area contributed by atoms with Gasteiger partial charge in [0.2, 0.25) is 5.91 Å². The van der Waals surface area contributed by atoms with Crippen LogP contribution in [0.3, 0.4) is 0 Å². The van der Waals surface area contributed by atoms with Crippen molar-refractivity contribution in [1.29, 1.82) is 0 Å². The van der Waals surface area contributed by atoms with Gasteiger partial charge >= 0.3 is 6.03 Å². The molecule has 2 atom stereocenters. The largest absolute Gasteiger partial charge is 0.383 e. The molecule has 0 saturated carbocycles. The van der Waals surface area contributed by atoms with Crippen molar-refractivity contribution in [3.8, 4) is 0 Å². The first-order chi connectivity index (χ1) is 9.95. The Hall–Kier alpha value is -1.18. The third kappa shape index (κ3) is 3.72. The van der Waals surface area contributed by atoms with Crippen LogP contribution < -0.4 is 16.0 Å². The maximum atomic E-state index is 12.0. The number of rotatable bonds is 5. The van der Waals surface area contributed by atoms with Crippen LogP contribution in [0.4, 0.5) is 4.79 Å². The Morgan fingerprint density at radius 2 is 2.14 bits per heavy atom. The molecule has 2 unspecified atom stereocenters. The summed E-state index contributed by atoms with van der Waals surface area (Å²) in [6.45, 7) is 8.36. The number of hydrogen-bond donors (Lipinski definition) is 3. The lowest BCUT2D eigenvalue weighted by Gasteiger charge is -2.35. The van der Waals surface area contributed by atoms with E-state index in [1.165, 1.54) is 0 Å². The normalized spacial score (nSPS) is 27.4. The highest BCUT2D eigenvalue weighted by molar-refractivity contribution is 5.95. The fraction of sp³-hybridized carbons (Fsp3) is 0.857. The van der Waals surface area contributed by atoms with Crippen molar-refractivity contribution in [2.45, 2.75) is 19.4 Å². The molecule has 120 valence electrons. The molecule has 0 aromatic rings. The van der Waals surface area contributed by atoms with E-state index >= 15 is 0 Å². The Morgan fingerprint density at radius 3 is 2.81 bits per heavy atom. The molecule has 0 radical (unpaired) electrons. The molecule has 2 fully saturated rings. The van der Waals surface area contributed by atoms with Gasteiger partial charge < -0.3 is 15.4 Å². The number of ether oxygens (including phenoxy) is 1. The van der Waals surface area contributed by atoms with Gasteiger partial charge in [-0.05, 0) is 32.2 Å². The zero-order valence-electron chi connectivity index (χ0n) is 13.1. The van der Waals surface area contributed by atoms with E-state index in [4.69, 9.17) is 4.74 Å². The molecule has 3 N–H and O–H groups in total. The topological polar surface area (TPSA) is 82.7 Å². The lowest BCUT2D eigenvalue weighted by atomic mass is 9.85. The highest BCUT2D eigenvalue weighted by Gasteiger charge is 2.49. The first-order valence-electron chi connectivity index (χ1n) is 7.47. The molecule has 0 spiro atoms. The van der Waals surface area contributed by atoms with Gasteiger partial charge in [-0.15, -0.1) is 0 Å². The molecule has 21 heavy (non-hydrogen) atoms. The number of urea groups is 1. The SMILES string of the molecule is COCCNC(=O)NC(=O)CN1CC2CNCC2C1(C)C. The third-order valence-corrected chi connectivity index (χ3v) is 4.70. The van der Waals surface area contributed by atoms with Crippen molar-refractivity contribution in [1.82, 2.24) is 20.9 Å². The number of nitrogens with one attached hydrogen (secondary N) is 3. The third-order valence-electron chi connectivity index (χ3n) is 4.70. The van der Waals surface area contributed by atoms with Gasteiger partial charge in [-0.2, -0.15) is 0 Å². The Bertz CT molecular complexity index is 400. The molecule has 7 nitrogen and oxygen atoms in total. The maximum Gasteiger partial charge on any atom is 0.321 e. The molecule has 2 saturated heterocycles. The first-order valence-corrected chi connectivity index (χ1v) is 7.47. The maximum absolute atomic E-state index is 12.0. The van der Waals surface area contributed by atoms with Gasteiger partial charge in [0, 0.05) is 32.3 Å². The van der Waals surface area contributed by atoms with Crippen molar-refractivity contribution in [2.75, 3.05) is 46.4 Å². The minimum Gasteiger partial charge on any atom is -0.383 e. The van der Waals surface area contributed by atoms with Gasteiger partial charge in [0.25, 0.3) is 0 Å². The number of nitrogens with zero attached hydrogens (tertiary/aromatic N) is 1. The fourth-order valence-corrected chi connectivity index (χ4v) is 3.42. The summed E-state index contributed by atoms with van der Waals surface area (Å²) < 4.78 is 4.83. The fourth-order valence-electron chi connectivity index (χ4n) is 3.42. The van der Waals surface area contributed by atoms with E-state index in [-0.39, 0.29) is 18.0 Å². The van der Waals surface area contributed by atoms with E-state index < -0.39 is 6.03 Å². The van der Waals surface area contributed by atoms with E-state index in [1.54, 1.807) is 7.11 Å². The summed E-state index contributed by atoms with van der Waals surface area (Å²) in [4.78, 5) is 25.7. The van der Waals surface area contributed by atoms with Gasteiger partial charge in [0.1, 0.15) is 0 Å². The Kier molecular flexibility index (Phi) is 5.18. The molecule has 0 aromatic heterocycles. The molecule has 0 bridgehead atoms. The molecule has 2 aliphatic rings. The number of hydrogen-bond acceptors (Lipinski definition) is 5. The number of amides is 3. The molecule has 2 rings (SSSR count). The predicted octanol–water partition coefficient (Wildman–Crippen LogP) is -0.612. The molecule has 3 amide bonds. The molecule has 2 heterocycles. The smallest absolute Gasteiger partial charge is 0.321 e. The van der Waals surface area contributed by atoms with Crippen LogP contribution in [0.15, 0.2) is 0 Å². The molecule has 0 aromatic carbocycles. The minimum absolute atomic E-state index is 0.0158. The summed E-state index contributed by atoms with van der Waals surface area (Å²) in [7, 11) is 1.56. The van der Waals surface area contributed by atoms with E-state index in [1.807, 2.05) is 0 Å². The van der Waals surface area contributed by atoms with Crippen molar-refractivity contribution in [3.05, 3.63) is 0 Å². The lowest BCUT2D eigenvalue weighted by molar-refractivity contribution is -0.122. The van der Waals surface area contributed by atoms with Gasteiger partial charge in [-0.3, -0.25) is 15.0 Å². The second kappa shape index (κ2) is 6.72.